The number of benzene rings is 2. The summed E-state index contributed by atoms with van der Waals surface area (Å²) < 4.78 is 5.78. The summed E-state index contributed by atoms with van der Waals surface area (Å²) in [7, 11) is 7.96. The fraction of sp³-hybridized carbons (Fsp3) is 0.353. The average molecular weight is 285 g/mol. The van der Waals surface area contributed by atoms with Crippen LogP contribution in [0.5, 0.6) is 5.75 Å². The van der Waals surface area contributed by atoms with Crippen LogP contribution in [0.3, 0.4) is 0 Å². The molecule has 0 spiro atoms. The molecule has 112 valence electrons. The van der Waals surface area contributed by atoms with E-state index in [0.29, 0.717) is 13.2 Å². The molecule has 0 atom stereocenters. The first-order chi connectivity index (χ1) is 10.1. The number of hydrogen-bond donors (Lipinski definition) is 0. The van der Waals surface area contributed by atoms with Crippen molar-refractivity contribution in [2.75, 3.05) is 41.3 Å². The molecule has 0 N–H and O–H groups in total. The third-order valence-electron chi connectivity index (χ3n) is 3.13. The van der Waals surface area contributed by atoms with E-state index >= 15 is 0 Å². The van der Waals surface area contributed by atoms with Gasteiger partial charge in [0.1, 0.15) is 12.4 Å². The molecule has 0 unspecified atom stereocenters. The molecule has 0 aliphatic heterocycles. The molecule has 0 heterocycles. The van der Waals surface area contributed by atoms with Crippen molar-refractivity contribution < 1.29 is 4.74 Å². The van der Waals surface area contributed by atoms with Crippen LogP contribution < -0.4 is 4.74 Å². The summed E-state index contributed by atoms with van der Waals surface area (Å²) in [5.74, 6) is 1.83. The van der Waals surface area contributed by atoms with Crippen molar-refractivity contribution in [3.05, 3.63) is 42.5 Å². The average Bonchev–Trinajstić information content (AvgIpc) is 2.46. The minimum absolute atomic E-state index is 0.573. The number of fused-ring (bicyclic) bond motifs is 1. The number of aliphatic imine (C=N–C) groups is 1. The Morgan fingerprint density at radius 3 is 2.29 bits per heavy atom. The zero-order chi connectivity index (χ0) is 15.2. The van der Waals surface area contributed by atoms with Crippen LogP contribution in [-0.4, -0.2) is 57.1 Å². The van der Waals surface area contributed by atoms with Crippen molar-refractivity contribution >= 4 is 16.7 Å². The number of nitrogens with zero attached hydrogens (tertiary/aromatic N) is 3. The highest BCUT2D eigenvalue weighted by Gasteiger charge is 2.03. The van der Waals surface area contributed by atoms with E-state index < -0.39 is 0 Å². The Bertz CT molecular complexity index is 610. The highest BCUT2D eigenvalue weighted by molar-refractivity contribution is 5.83. The van der Waals surface area contributed by atoms with Gasteiger partial charge in [0.15, 0.2) is 5.96 Å². The number of hydrogen-bond acceptors (Lipinski definition) is 2. The van der Waals surface area contributed by atoms with E-state index in [1.54, 1.807) is 0 Å². The second kappa shape index (κ2) is 6.97. The molecule has 21 heavy (non-hydrogen) atoms. The lowest BCUT2D eigenvalue weighted by Crippen LogP contribution is -2.35. The summed E-state index contributed by atoms with van der Waals surface area (Å²) in [6.07, 6.45) is 0. The summed E-state index contributed by atoms with van der Waals surface area (Å²) in [6.45, 7) is 1.21. The lowest BCUT2D eigenvalue weighted by Gasteiger charge is -2.22. The van der Waals surface area contributed by atoms with E-state index in [1.165, 1.54) is 10.8 Å². The molecule has 0 aromatic heterocycles. The topological polar surface area (TPSA) is 28.1 Å². The van der Waals surface area contributed by atoms with E-state index in [4.69, 9.17) is 4.74 Å². The largest absolute Gasteiger partial charge is 0.492 e. The van der Waals surface area contributed by atoms with E-state index in [2.05, 4.69) is 29.3 Å². The second-order valence-electron chi connectivity index (χ2n) is 5.33. The van der Waals surface area contributed by atoms with Crippen LogP contribution in [0.4, 0.5) is 0 Å². The molecule has 0 fully saturated rings. The second-order valence-corrected chi connectivity index (χ2v) is 5.33. The molecule has 0 saturated heterocycles. The Labute approximate surface area is 126 Å². The van der Waals surface area contributed by atoms with E-state index in [-0.39, 0.29) is 0 Å². The van der Waals surface area contributed by atoms with Crippen molar-refractivity contribution in [3.63, 3.8) is 0 Å². The molecule has 2 rings (SSSR count). The molecular formula is C17H23N3O. The quantitative estimate of drug-likeness (QED) is 0.491. The lowest BCUT2D eigenvalue weighted by molar-refractivity contribution is 0.327. The van der Waals surface area contributed by atoms with E-state index in [0.717, 1.165) is 11.7 Å². The summed E-state index contributed by atoms with van der Waals surface area (Å²) in [5, 5.41) is 2.42. The first kappa shape index (κ1) is 15.2. The molecular weight excluding hydrogens is 262 g/mol. The lowest BCUT2D eigenvalue weighted by atomic mass is 10.1. The maximum atomic E-state index is 5.78. The number of ether oxygens (including phenoxy) is 1. The number of rotatable bonds is 4. The van der Waals surface area contributed by atoms with Gasteiger partial charge in [-0.15, -0.1) is 0 Å². The van der Waals surface area contributed by atoms with Crippen LogP contribution in [0.15, 0.2) is 47.5 Å². The molecule has 4 nitrogen and oxygen atoms in total. The Hall–Kier alpha value is -2.23. The Balaban J connectivity index is 1.94. The Kier molecular flexibility index (Phi) is 5.04. The molecule has 2 aromatic rings. The molecule has 0 amide bonds. The van der Waals surface area contributed by atoms with Crippen LogP contribution in [0, 0.1) is 0 Å². The summed E-state index contributed by atoms with van der Waals surface area (Å²) in [5.41, 5.74) is 0. The van der Waals surface area contributed by atoms with Crippen LogP contribution in [-0.2, 0) is 0 Å². The predicted octanol–water partition coefficient (Wildman–Crippen LogP) is 2.70. The molecule has 0 aliphatic carbocycles. The van der Waals surface area contributed by atoms with Crippen LogP contribution in [0.2, 0.25) is 0 Å². The number of guanidine groups is 1. The molecule has 2 aromatic carbocycles. The van der Waals surface area contributed by atoms with Gasteiger partial charge in [0.25, 0.3) is 0 Å². The molecule has 0 radical (unpaired) electrons. The van der Waals surface area contributed by atoms with Gasteiger partial charge in [0, 0.05) is 28.2 Å². The highest BCUT2D eigenvalue weighted by Crippen LogP contribution is 2.20. The maximum absolute atomic E-state index is 5.78. The molecule has 0 bridgehead atoms. The minimum atomic E-state index is 0.573. The summed E-state index contributed by atoms with van der Waals surface area (Å²) in [4.78, 5) is 8.54. The van der Waals surface area contributed by atoms with Crippen LogP contribution >= 0.6 is 0 Å². The zero-order valence-corrected chi connectivity index (χ0v) is 13.2. The highest BCUT2D eigenvalue weighted by atomic mass is 16.5. The predicted molar refractivity (Wildman–Crippen MR) is 89.1 cm³/mol. The maximum Gasteiger partial charge on any atom is 0.195 e. The Morgan fingerprint density at radius 1 is 0.952 bits per heavy atom. The van der Waals surface area contributed by atoms with Gasteiger partial charge in [-0.3, -0.25) is 0 Å². The van der Waals surface area contributed by atoms with Crippen molar-refractivity contribution in [2.45, 2.75) is 0 Å². The van der Waals surface area contributed by atoms with Gasteiger partial charge in [-0.25, -0.2) is 4.99 Å². The fourth-order valence-corrected chi connectivity index (χ4v) is 2.25. The van der Waals surface area contributed by atoms with Crippen LogP contribution in [0.25, 0.3) is 10.8 Å². The SMILES string of the molecule is CN(C)C(=NCCOc1ccc2ccccc2c1)N(C)C. The third-order valence-corrected chi connectivity index (χ3v) is 3.13. The zero-order valence-electron chi connectivity index (χ0n) is 13.2. The first-order valence-electron chi connectivity index (χ1n) is 7.08. The monoisotopic (exact) mass is 285 g/mol. The van der Waals surface area contributed by atoms with Gasteiger partial charge in [-0.1, -0.05) is 30.3 Å². The summed E-state index contributed by atoms with van der Waals surface area (Å²) >= 11 is 0. The van der Waals surface area contributed by atoms with Gasteiger partial charge in [-0.2, -0.15) is 0 Å². The molecule has 4 heteroatoms. The summed E-state index contributed by atoms with van der Waals surface area (Å²) in [6, 6.07) is 14.4. The normalized spacial score (nSPS) is 10.3. The van der Waals surface area contributed by atoms with Gasteiger partial charge in [-0.05, 0) is 22.9 Å². The molecule has 0 aliphatic rings. The van der Waals surface area contributed by atoms with Crippen molar-refractivity contribution in [1.82, 2.24) is 9.80 Å². The standard InChI is InChI=1S/C17H23N3O/c1-19(2)17(20(3)4)18-11-12-21-16-10-9-14-7-5-6-8-15(14)13-16/h5-10,13H,11-12H2,1-4H3. The van der Waals surface area contributed by atoms with Crippen molar-refractivity contribution in [3.8, 4) is 5.75 Å². The van der Waals surface area contributed by atoms with Crippen LogP contribution in [0.1, 0.15) is 0 Å². The fourth-order valence-electron chi connectivity index (χ4n) is 2.25. The van der Waals surface area contributed by atoms with E-state index in [1.807, 2.05) is 56.2 Å². The van der Waals surface area contributed by atoms with Crippen molar-refractivity contribution in [2.24, 2.45) is 4.99 Å². The molecule has 0 saturated carbocycles. The minimum Gasteiger partial charge on any atom is -0.492 e. The van der Waals surface area contributed by atoms with Gasteiger partial charge >= 0.3 is 0 Å². The smallest absolute Gasteiger partial charge is 0.195 e. The van der Waals surface area contributed by atoms with Gasteiger partial charge < -0.3 is 14.5 Å². The first-order valence-corrected chi connectivity index (χ1v) is 7.08. The Morgan fingerprint density at radius 2 is 1.62 bits per heavy atom. The van der Waals surface area contributed by atoms with Crippen molar-refractivity contribution in [1.29, 1.82) is 0 Å². The van der Waals surface area contributed by atoms with Gasteiger partial charge in [0.05, 0.1) is 6.54 Å². The third kappa shape index (κ3) is 4.12. The van der Waals surface area contributed by atoms with Gasteiger partial charge in [0.2, 0.25) is 0 Å². The van der Waals surface area contributed by atoms with E-state index in [9.17, 15) is 0 Å².